The van der Waals surface area contributed by atoms with Gasteiger partial charge in [-0.25, -0.2) is 13.4 Å². The molecule has 172 valence electrons. The lowest BCUT2D eigenvalue weighted by Crippen LogP contribution is -2.27. The molecule has 0 fully saturated rings. The van der Waals surface area contributed by atoms with Crippen LogP contribution in [0.2, 0.25) is 0 Å². The Hall–Kier alpha value is -2.53. The zero-order valence-corrected chi connectivity index (χ0v) is 19.5. The van der Waals surface area contributed by atoms with E-state index in [1.54, 1.807) is 6.20 Å². The summed E-state index contributed by atoms with van der Waals surface area (Å²) in [6.45, 7) is 8.45. The van der Waals surface area contributed by atoms with Gasteiger partial charge in [-0.3, -0.25) is 4.72 Å². The molecule has 0 bridgehead atoms. The summed E-state index contributed by atoms with van der Waals surface area (Å²) in [6, 6.07) is 3.49. The lowest BCUT2D eigenvalue weighted by atomic mass is 9.99. The average Bonchev–Trinajstić information content (AvgIpc) is 2.66. The van der Waals surface area contributed by atoms with E-state index in [9.17, 15) is 13.5 Å². The van der Waals surface area contributed by atoms with Crippen LogP contribution in [0.25, 0.3) is 0 Å². The molecule has 31 heavy (non-hydrogen) atoms. The molecule has 11 heteroatoms. The van der Waals surface area contributed by atoms with Crippen LogP contribution in [-0.2, 0) is 16.4 Å². The number of aliphatic hydroxyl groups excluding tert-OH is 1. The molecule has 10 nitrogen and oxygen atoms in total. The number of nitrogens with zero attached hydrogens (tertiary/aromatic N) is 4. The predicted octanol–water partition coefficient (Wildman–Crippen LogP) is 2.20. The van der Waals surface area contributed by atoms with Gasteiger partial charge in [0, 0.05) is 18.7 Å². The van der Waals surface area contributed by atoms with Crippen molar-refractivity contribution in [3.63, 3.8) is 0 Å². The Kier molecular flexibility index (Phi) is 8.93. The van der Waals surface area contributed by atoms with Crippen LogP contribution >= 0.6 is 0 Å². The first kappa shape index (κ1) is 24.7. The highest BCUT2D eigenvalue weighted by atomic mass is 32.2. The summed E-state index contributed by atoms with van der Waals surface area (Å²) < 4.78 is 31.0. The summed E-state index contributed by atoms with van der Waals surface area (Å²) in [5.74, 6) is 1.51. The minimum absolute atomic E-state index is 0.0220. The SMILES string of the molecule is CCOc1ccc([C@H](C)Cc2nc(N[C@@H](CO)CC(C)C)nc(NS(C)(=O)=O)n2)cn1. The Balaban J connectivity index is 2.26. The van der Waals surface area contributed by atoms with Crippen LogP contribution in [0.15, 0.2) is 18.3 Å². The van der Waals surface area contributed by atoms with E-state index in [0.29, 0.717) is 37.1 Å². The quantitative estimate of drug-likeness (QED) is 0.442. The third-order valence-electron chi connectivity index (χ3n) is 4.38. The molecule has 0 saturated carbocycles. The molecule has 0 aliphatic carbocycles. The predicted molar refractivity (Wildman–Crippen MR) is 120 cm³/mol. The van der Waals surface area contributed by atoms with Crippen molar-refractivity contribution in [3.8, 4) is 5.88 Å². The van der Waals surface area contributed by atoms with Crippen LogP contribution in [0.3, 0.4) is 0 Å². The van der Waals surface area contributed by atoms with Crippen LogP contribution < -0.4 is 14.8 Å². The van der Waals surface area contributed by atoms with E-state index in [-0.39, 0.29) is 30.5 Å². The van der Waals surface area contributed by atoms with Crippen molar-refractivity contribution in [1.82, 2.24) is 19.9 Å². The lowest BCUT2D eigenvalue weighted by Gasteiger charge is -2.19. The maximum absolute atomic E-state index is 11.7. The second-order valence-electron chi connectivity index (χ2n) is 7.89. The number of anilines is 2. The summed E-state index contributed by atoms with van der Waals surface area (Å²) in [7, 11) is -3.56. The molecule has 2 rings (SSSR count). The molecular weight excluding hydrogens is 420 g/mol. The normalized spacial score (nSPS) is 13.6. The number of aliphatic hydroxyl groups is 1. The van der Waals surface area contributed by atoms with Gasteiger partial charge in [0.05, 0.1) is 25.5 Å². The van der Waals surface area contributed by atoms with Crippen molar-refractivity contribution in [2.45, 2.75) is 52.5 Å². The number of pyridine rings is 1. The second kappa shape index (κ2) is 11.2. The number of hydrogen-bond acceptors (Lipinski definition) is 9. The zero-order valence-electron chi connectivity index (χ0n) is 18.7. The van der Waals surface area contributed by atoms with Gasteiger partial charge in [0.1, 0.15) is 5.82 Å². The third-order valence-corrected chi connectivity index (χ3v) is 4.93. The first-order valence-electron chi connectivity index (χ1n) is 10.3. The monoisotopic (exact) mass is 452 g/mol. The number of hydrogen-bond donors (Lipinski definition) is 3. The van der Waals surface area contributed by atoms with Gasteiger partial charge in [-0.1, -0.05) is 26.8 Å². The molecule has 0 saturated heterocycles. The van der Waals surface area contributed by atoms with E-state index in [0.717, 1.165) is 11.8 Å². The van der Waals surface area contributed by atoms with Gasteiger partial charge in [0.2, 0.25) is 27.8 Å². The summed E-state index contributed by atoms with van der Waals surface area (Å²) in [6.07, 6.45) is 3.93. The molecule has 2 aromatic heterocycles. The summed E-state index contributed by atoms with van der Waals surface area (Å²) in [5, 5.41) is 12.7. The maximum Gasteiger partial charge on any atom is 0.241 e. The van der Waals surface area contributed by atoms with Crippen LogP contribution in [0.5, 0.6) is 5.88 Å². The maximum atomic E-state index is 11.7. The standard InChI is InChI=1S/C20H32N6O4S/c1-6-30-18-8-7-15(11-21-18)14(4)10-17-23-19(22-16(12-27)9-13(2)3)25-20(24-17)26-31(5,28)29/h7-8,11,13-14,16,27H,6,9-10,12H2,1-5H3,(H2,22,23,24,25,26)/t14-,16-/m1/s1. The molecule has 0 amide bonds. The largest absolute Gasteiger partial charge is 0.478 e. The van der Waals surface area contributed by atoms with Crippen LogP contribution in [0.1, 0.15) is 51.4 Å². The fraction of sp³-hybridized carbons (Fsp3) is 0.600. The molecule has 0 spiro atoms. The van der Waals surface area contributed by atoms with Gasteiger partial charge >= 0.3 is 0 Å². The van der Waals surface area contributed by atoms with Crippen molar-refractivity contribution in [3.05, 3.63) is 29.7 Å². The van der Waals surface area contributed by atoms with Crippen LogP contribution in [-0.4, -0.2) is 59.0 Å². The van der Waals surface area contributed by atoms with E-state index in [1.165, 1.54) is 0 Å². The van der Waals surface area contributed by atoms with Gasteiger partial charge in [-0.05, 0) is 30.7 Å². The van der Waals surface area contributed by atoms with Crippen molar-refractivity contribution in [2.24, 2.45) is 5.92 Å². The molecule has 0 radical (unpaired) electrons. The minimum Gasteiger partial charge on any atom is -0.478 e. The molecule has 0 aliphatic heterocycles. The zero-order chi connectivity index (χ0) is 23.0. The minimum atomic E-state index is -3.56. The number of aromatic nitrogens is 4. The van der Waals surface area contributed by atoms with Gasteiger partial charge in [-0.2, -0.15) is 15.0 Å². The molecule has 3 N–H and O–H groups in total. The molecular formula is C20H32N6O4S. The Morgan fingerprint density at radius 3 is 2.39 bits per heavy atom. The highest BCUT2D eigenvalue weighted by molar-refractivity contribution is 7.91. The third kappa shape index (κ3) is 8.62. The molecule has 0 aromatic carbocycles. The summed E-state index contributed by atoms with van der Waals surface area (Å²) >= 11 is 0. The van der Waals surface area contributed by atoms with E-state index < -0.39 is 10.0 Å². The van der Waals surface area contributed by atoms with Gasteiger partial charge in [0.15, 0.2) is 0 Å². The highest BCUT2D eigenvalue weighted by Crippen LogP contribution is 2.21. The van der Waals surface area contributed by atoms with E-state index in [1.807, 2.05) is 39.8 Å². The summed E-state index contributed by atoms with van der Waals surface area (Å²) in [4.78, 5) is 17.2. The van der Waals surface area contributed by atoms with Gasteiger partial charge in [0.25, 0.3) is 0 Å². The van der Waals surface area contributed by atoms with E-state index in [2.05, 4.69) is 30.0 Å². The number of nitrogens with one attached hydrogen (secondary N) is 2. The fourth-order valence-electron chi connectivity index (χ4n) is 3.03. The van der Waals surface area contributed by atoms with Crippen molar-refractivity contribution < 1.29 is 18.3 Å². The smallest absolute Gasteiger partial charge is 0.241 e. The van der Waals surface area contributed by atoms with Crippen molar-refractivity contribution in [2.75, 3.05) is 29.5 Å². The number of sulfonamides is 1. The molecule has 2 aromatic rings. The van der Waals surface area contributed by atoms with Crippen LogP contribution in [0, 0.1) is 5.92 Å². The lowest BCUT2D eigenvalue weighted by molar-refractivity contribution is 0.259. The Morgan fingerprint density at radius 1 is 1.13 bits per heavy atom. The number of rotatable bonds is 12. The highest BCUT2D eigenvalue weighted by Gasteiger charge is 2.17. The fourth-order valence-corrected chi connectivity index (χ4v) is 3.45. The van der Waals surface area contributed by atoms with Crippen molar-refractivity contribution >= 4 is 21.9 Å². The van der Waals surface area contributed by atoms with E-state index in [4.69, 9.17) is 4.74 Å². The Labute approximate surface area is 184 Å². The Bertz CT molecular complexity index is 937. The average molecular weight is 453 g/mol. The first-order valence-corrected chi connectivity index (χ1v) is 12.2. The first-order chi connectivity index (χ1) is 14.6. The topological polar surface area (TPSA) is 139 Å². The van der Waals surface area contributed by atoms with Gasteiger partial charge in [-0.15, -0.1) is 0 Å². The molecule has 0 unspecified atom stereocenters. The number of ether oxygens (including phenoxy) is 1. The molecule has 2 atom stereocenters. The second-order valence-corrected chi connectivity index (χ2v) is 9.64. The van der Waals surface area contributed by atoms with Crippen LogP contribution in [0.4, 0.5) is 11.9 Å². The Morgan fingerprint density at radius 2 is 1.84 bits per heavy atom. The molecule has 2 heterocycles. The summed E-state index contributed by atoms with van der Waals surface area (Å²) in [5.41, 5.74) is 0.976. The van der Waals surface area contributed by atoms with Gasteiger partial charge < -0.3 is 15.2 Å². The molecule has 0 aliphatic rings. The van der Waals surface area contributed by atoms with Crippen molar-refractivity contribution in [1.29, 1.82) is 0 Å². The van der Waals surface area contributed by atoms with E-state index >= 15 is 0 Å².